The standard InChI is InChI=1S/C24H18Cl3N3/c25-18-7-1-15(2-8-18)13-21-23(17-5-11-20(27)12-6-17)24(28)30-22(29-21)14-16-3-9-19(26)10-4-16/h1-12H,13-14H2,(H2,28,29,30). The first kappa shape index (κ1) is 20.7. The quantitative estimate of drug-likeness (QED) is 0.358. The molecule has 4 rings (SSSR count). The first-order chi connectivity index (χ1) is 14.5. The lowest BCUT2D eigenvalue weighted by molar-refractivity contribution is 0.926. The first-order valence-electron chi connectivity index (χ1n) is 9.38. The highest BCUT2D eigenvalue weighted by molar-refractivity contribution is 6.31. The molecule has 0 aliphatic carbocycles. The van der Waals surface area contributed by atoms with Gasteiger partial charge in [-0.15, -0.1) is 0 Å². The topological polar surface area (TPSA) is 51.8 Å². The number of nitrogen functional groups attached to an aromatic ring is 1. The van der Waals surface area contributed by atoms with Crippen molar-refractivity contribution in [1.82, 2.24) is 9.97 Å². The summed E-state index contributed by atoms with van der Waals surface area (Å²) >= 11 is 18.1. The fourth-order valence-corrected chi connectivity index (χ4v) is 3.68. The van der Waals surface area contributed by atoms with Crippen molar-refractivity contribution in [2.75, 3.05) is 5.73 Å². The monoisotopic (exact) mass is 453 g/mol. The SMILES string of the molecule is Nc1nc(Cc2ccc(Cl)cc2)nc(Cc2ccc(Cl)cc2)c1-c1ccc(Cl)cc1. The van der Waals surface area contributed by atoms with E-state index in [0.717, 1.165) is 27.9 Å². The maximum Gasteiger partial charge on any atom is 0.135 e. The predicted octanol–water partition coefficient (Wildman–Crippen LogP) is 6.87. The molecule has 30 heavy (non-hydrogen) atoms. The Balaban J connectivity index is 1.76. The van der Waals surface area contributed by atoms with E-state index in [1.54, 1.807) is 0 Å². The number of benzene rings is 3. The zero-order chi connectivity index (χ0) is 21.1. The van der Waals surface area contributed by atoms with Gasteiger partial charge < -0.3 is 5.73 Å². The van der Waals surface area contributed by atoms with Gasteiger partial charge in [0.05, 0.1) is 5.69 Å². The van der Waals surface area contributed by atoms with Gasteiger partial charge in [0.2, 0.25) is 0 Å². The largest absolute Gasteiger partial charge is 0.383 e. The van der Waals surface area contributed by atoms with Crippen LogP contribution in [0.15, 0.2) is 72.8 Å². The molecular weight excluding hydrogens is 437 g/mol. The second-order valence-electron chi connectivity index (χ2n) is 6.96. The number of halogens is 3. The smallest absolute Gasteiger partial charge is 0.135 e. The summed E-state index contributed by atoms with van der Waals surface area (Å²) in [5, 5.41) is 2.06. The first-order valence-corrected chi connectivity index (χ1v) is 10.5. The van der Waals surface area contributed by atoms with Gasteiger partial charge in [-0.25, -0.2) is 9.97 Å². The summed E-state index contributed by atoms with van der Waals surface area (Å²) < 4.78 is 0. The van der Waals surface area contributed by atoms with Crippen molar-refractivity contribution in [2.45, 2.75) is 12.8 Å². The van der Waals surface area contributed by atoms with Gasteiger partial charge in [-0.1, -0.05) is 71.2 Å². The summed E-state index contributed by atoms with van der Waals surface area (Å²) in [5.41, 5.74) is 11.2. The van der Waals surface area contributed by atoms with E-state index in [2.05, 4.69) is 4.98 Å². The second-order valence-corrected chi connectivity index (χ2v) is 8.27. The summed E-state index contributed by atoms with van der Waals surface area (Å²) in [6.45, 7) is 0. The summed E-state index contributed by atoms with van der Waals surface area (Å²) in [6, 6.07) is 22.9. The molecule has 1 aromatic heterocycles. The van der Waals surface area contributed by atoms with Crippen molar-refractivity contribution in [3.63, 3.8) is 0 Å². The van der Waals surface area contributed by atoms with Crippen LogP contribution in [0.2, 0.25) is 15.1 Å². The number of nitrogens with two attached hydrogens (primary N) is 1. The van der Waals surface area contributed by atoms with Gasteiger partial charge in [0.1, 0.15) is 11.6 Å². The minimum atomic E-state index is 0.445. The van der Waals surface area contributed by atoms with Crippen LogP contribution in [0.4, 0.5) is 5.82 Å². The Bertz CT molecular complexity index is 1160. The molecule has 3 nitrogen and oxygen atoms in total. The zero-order valence-corrected chi connectivity index (χ0v) is 18.2. The average Bonchev–Trinajstić information content (AvgIpc) is 2.72. The van der Waals surface area contributed by atoms with Crippen molar-refractivity contribution < 1.29 is 0 Å². The van der Waals surface area contributed by atoms with Crippen LogP contribution in [0.1, 0.15) is 22.6 Å². The van der Waals surface area contributed by atoms with Gasteiger partial charge in [-0.3, -0.25) is 0 Å². The Morgan fingerprint density at radius 3 is 1.60 bits per heavy atom. The van der Waals surface area contributed by atoms with Gasteiger partial charge in [0, 0.05) is 33.5 Å². The zero-order valence-electron chi connectivity index (χ0n) is 15.9. The van der Waals surface area contributed by atoms with Crippen LogP contribution in [0.3, 0.4) is 0 Å². The Hall–Kier alpha value is -2.59. The van der Waals surface area contributed by atoms with E-state index in [0.29, 0.717) is 39.6 Å². The lowest BCUT2D eigenvalue weighted by Gasteiger charge is -2.14. The normalized spacial score (nSPS) is 10.9. The number of anilines is 1. The minimum Gasteiger partial charge on any atom is -0.383 e. The molecule has 3 aromatic carbocycles. The van der Waals surface area contributed by atoms with Crippen molar-refractivity contribution in [1.29, 1.82) is 0 Å². The Kier molecular flexibility index (Phi) is 6.24. The second kappa shape index (κ2) is 9.05. The minimum absolute atomic E-state index is 0.445. The number of nitrogens with zero attached hydrogens (tertiary/aromatic N) is 2. The summed E-state index contributed by atoms with van der Waals surface area (Å²) in [6.07, 6.45) is 1.17. The molecule has 4 aromatic rings. The maximum atomic E-state index is 6.42. The molecule has 1 heterocycles. The van der Waals surface area contributed by atoms with E-state index >= 15 is 0 Å². The Labute approximate surface area is 190 Å². The highest BCUT2D eigenvalue weighted by atomic mass is 35.5. The maximum absolute atomic E-state index is 6.42. The fraction of sp³-hybridized carbons (Fsp3) is 0.0833. The van der Waals surface area contributed by atoms with Gasteiger partial charge >= 0.3 is 0 Å². The molecule has 0 spiro atoms. The van der Waals surface area contributed by atoms with E-state index < -0.39 is 0 Å². The fourth-order valence-electron chi connectivity index (χ4n) is 3.30. The third-order valence-electron chi connectivity index (χ3n) is 4.75. The number of hydrogen-bond acceptors (Lipinski definition) is 3. The lowest BCUT2D eigenvalue weighted by Crippen LogP contribution is -2.08. The van der Waals surface area contributed by atoms with Crippen LogP contribution < -0.4 is 5.73 Å². The molecule has 150 valence electrons. The van der Waals surface area contributed by atoms with Crippen LogP contribution in [0.5, 0.6) is 0 Å². The van der Waals surface area contributed by atoms with Crippen molar-refractivity contribution in [2.24, 2.45) is 0 Å². The van der Waals surface area contributed by atoms with Crippen LogP contribution >= 0.6 is 34.8 Å². The highest BCUT2D eigenvalue weighted by Crippen LogP contribution is 2.31. The van der Waals surface area contributed by atoms with Crippen LogP contribution in [-0.4, -0.2) is 9.97 Å². The van der Waals surface area contributed by atoms with E-state index in [1.165, 1.54) is 0 Å². The summed E-state index contributed by atoms with van der Waals surface area (Å²) in [4.78, 5) is 9.46. The molecule has 0 bridgehead atoms. The van der Waals surface area contributed by atoms with Crippen molar-refractivity contribution >= 4 is 40.6 Å². The molecule has 0 aliphatic heterocycles. The number of aromatic nitrogens is 2. The molecule has 0 unspecified atom stereocenters. The molecule has 6 heteroatoms. The van der Waals surface area contributed by atoms with Gasteiger partial charge in [-0.2, -0.15) is 0 Å². The van der Waals surface area contributed by atoms with E-state index in [9.17, 15) is 0 Å². The average molecular weight is 455 g/mol. The third-order valence-corrected chi connectivity index (χ3v) is 5.51. The molecule has 0 amide bonds. The molecule has 0 radical (unpaired) electrons. The number of hydrogen-bond donors (Lipinski definition) is 1. The molecule has 0 aliphatic rings. The predicted molar refractivity (Wildman–Crippen MR) is 125 cm³/mol. The van der Waals surface area contributed by atoms with Crippen LogP contribution in [0.25, 0.3) is 11.1 Å². The lowest BCUT2D eigenvalue weighted by atomic mass is 9.99. The molecule has 0 atom stereocenters. The van der Waals surface area contributed by atoms with Crippen LogP contribution in [0, 0.1) is 0 Å². The Morgan fingerprint density at radius 1 is 0.600 bits per heavy atom. The van der Waals surface area contributed by atoms with Crippen LogP contribution in [-0.2, 0) is 12.8 Å². The summed E-state index contributed by atoms with van der Waals surface area (Å²) in [7, 11) is 0. The molecule has 2 N–H and O–H groups in total. The molecule has 0 saturated heterocycles. The van der Waals surface area contributed by atoms with Crippen molar-refractivity contribution in [3.8, 4) is 11.1 Å². The van der Waals surface area contributed by atoms with E-state index in [4.69, 9.17) is 45.5 Å². The van der Waals surface area contributed by atoms with Gasteiger partial charge in [0.15, 0.2) is 0 Å². The Morgan fingerprint density at radius 2 is 1.07 bits per heavy atom. The van der Waals surface area contributed by atoms with Crippen molar-refractivity contribution in [3.05, 3.63) is 111 Å². The van der Waals surface area contributed by atoms with E-state index in [-0.39, 0.29) is 0 Å². The summed E-state index contributed by atoms with van der Waals surface area (Å²) in [5.74, 6) is 1.11. The van der Waals surface area contributed by atoms with Gasteiger partial charge in [0.25, 0.3) is 0 Å². The number of rotatable bonds is 5. The molecule has 0 fully saturated rings. The molecule has 0 saturated carbocycles. The van der Waals surface area contributed by atoms with E-state index in [1.807, 2.05) is 72.8 Å². The third kappa shape index (κ3) is 4.93. The highest BCUT2D eigenvalue weighted by Gasteiger charge is 2.16. The van der Waals surface area contributed by atoms with Gasteiger partial charge in [-0.05, 0) is 53.1 Å². The molecular formula is C24H18Cl3N3.